The molecule has 10 heteroatoms. The van der Waals surface area contributed by atoms with E-state index in [4.69, 9.17) is 24.2 Å². The van der Waals surface area contributed by atoms with Crippen molar-refractivity contribution in [3.8, 4) is 11.5 Å². The van der Waals surface area contributed by atoms with Crippen molar-refractivity contribution in [3.05, 3.63) is 34.5 Å². The van der Waals surface area contributed by atoms with Gasteiger partial charge in [0.05, 0.1) is 45.4 Å². The maximum absolute atomic E-state index is 12.0. The van der Waals surface area contributed by atoms with Crippen molar-refractivity contribution in [1.82, 2.24) is 19.9 Å². The summed E-state index contributed by atoms with van der Waals surface area (Å²) in [6.45, 7) is 3.10. The van der Waals surface area contributed by atoms with Gasteiger partial charge in [-0.25, -0.2) is 15.0 Å². The third kappa shape index (κ3) is 4.77. The van der Waals surface area contributed by atoms with Crippen LogP contribution in [-0.2, 0) is 16.1 Å². The topological polar surface area (TPSA) is 89.9 Å². The first-order valence-electron chi connectivity index (χ1n) is 12.0. The van der Waals surface area contributed by atoms with E-state index >= 15 is 0 Å². The van der Waals surface area contributed by atoms with Gasteiger partial charge in [-0.05, 0) is 38.3 Å². The van der Waals surface area contributed by atoms with Crippen molar-refractivity contribution in [3.63, 3.8) is 0 Å². The molecule has 35 heavy (non-hydrogen) atoms. The van der Waals surface area contributed by atoms with E-state index in [1.165, 1.54) is 7.11 Å². The normalized spacial score (nSPS) is 19.3. The summed E-state index contributed by atoms with van der Waals surface area (Å²) >= 11 is 1.71. The molecule has 1 aromatic carbocycles. The van der Waals surface area contributed by atoms with Crippen LogP contribution in [0.15, 0.2) is 23.7 Å². The molecule has 3 aromatic rings. The number of carbonyl (C=O) groups is 1. The van der Waals surface area contributed by atoms with E-state index in [1.54, 1.807) is 25.6 Å². The Balaban J connectivity index is 1.50. The molecule has 1 unspecified atom stereocenters. The second-order valence-corrected chi connectivity index (χ2v) is 9.90. The molecule has 0 spiro atoms. The number of anilines is 1. The smallest absolute Gasteiger partial charge is 0.308 e. The van der Waals surface area contributed by atoms with Crippen LogP contribution < -0.4 is 14.4 Å². The van der Waals surface area contributed by atoms with Crippen LogP contribution in [-0.4, -0.2) is 66.8 Å². The Kier molecular flexibility index (Phi) is 7.01. The molecule has 2 aliphatic heterocycles. The Hall–Kier alpha value is -2.98. The van der Waals surface area contributed by atoms with Gasteiger partial charge in [0.15, 0.2) is 11.5 Å². The fraction of sp³-hybridized carbons (Fsp3) is 0.520. The molecule has 0 N–H and O–H groups in total. The van der Waals surface area contributed by atoms with Crippen molar-refractivity contribution in [2.24, 2.45) is 5.92 Å². The zero-order valence-corrected chi connectivity index (χ0v) is 21.2. The van der Waals surface area contributed by atoms with Gasteiger partial charge in [0.1, 0.15) is 16.6 Å². The Morgan fingerprint density at radius 2 is 1.83 bits per heavy atom. The van der Waals surface area contributed by atoms with E-state index in [0.717, 1.165) is 72.9 Å². The van der Waals surface area contributed by atoms with Crippen LogP contribution in [0.2, 0.25) is 0 Å². The Labute approximate surface area is 209 Å². The van der Waals surface area contributed by atoms with Gasteiger partial charge in [0, 0.05) is 36.1 Å². The monoisotopic (exact) mass is 497 g/mol. The molecule has 2 fully saturated rings. The lowest BCUT2D eigenvalue weighted by atomic mass is 9.97. The second kappa shape index (κ2) is 10.3. The summed E-state index contributed by atoms with van der Waals surface area (Å²) in [6.07, 6.45) is 5.58. The molecular formula is C25H31N5O4S. The SMILES string of the molecule is COC(=O)C1CCN(c2nc(CN3CCCC3c3nccs3)nc3cc(OC)c(OC)cc23)CC1. The first-order valence-corrected chi connectivity index (χ1v) is 12.9. The molecular weight excluding hydrogens is 466 g/mol. The van der Waals surface area contributed by atoms with Crippen molar-refractivity contribution >= 4 is 34.0 Å². The maximum atomic E-state index is 12.0. The summed E-state index contributed by atoms with van der Waals surface area (Å²) in [5, 5.41) is 4.11. The third-order valence-electron chi connectivity index (χ3n) is 7.00. The highest BCUT2D eigenvalue weighted by Gasteiger charge is 2.30. The number of benzene rings is 1. The highest BCUT2D eigenvalue weighted by Crippen LogP contribution is 2.38. The first kappa shape index (κ1) is 23.7. The van der Waals surface area contributed by atoms with Crippen LogP contribution in [0, 0.1) is 5.92 Å². The van der Waals surface area contributed by atoms with Gasteiger partial charge in [-0.15, -0.1) is 11.3 Å². The van der Waals surface area contributed by atoms with Crippen molar-refractivity contribution in [1.29, 1.82) is 0 Å². The van der Waals surface area contributed by atoms with E-state index in [-0.39, 0.29) is 11.9 Å². The van der Waals surface area contributed by atoms with Gasteiger partial charge in [-0.2, -0.15) is 0 Å². The van der Waals surface area contributed by atoms with Crippen LogP contribution in [0.25, 0.3) is 10.9 Å². The molecule has 2 aromatic heterocycles. The lowest BCUT2D eigenvalue weighted by Gasteiger charge is -2.32. The summed E-state index contributed by atoms with van der Waals surface area (Å²) in [5.74, 6) is 2.73. The molecule has 4 heterocycles. The van der Waals surface area contributed by atoms with Gasteiger partial charge in [0.25, 0.3) is 0 Å². The molecule has 0 radical (unpaired) electrons. The molecule has 0 saturated carbocycles. The van der Waals surface area contributed by atoms with Crippen molar-refractivity contribution < 1.29 is 19.0 Å². The number of hydrogen-bond acceptors (Lipinski definition) is 10. The fourth-order valence-electron chi connectivity index (χ4n) is 5.17. The number of ether oxygens (including phenoxy) is 3. The largest absolute Gasteiger partial charge is 0.493 e. The zero-order valence-electron chi connectivity index (χ0n) is 20.4. The molecule has 2 aliphatic rings. The van der Waals surface area contributed by atoms with Crippen molar-refractivity contribution in [2.75, 3.05) is 45.9 Å². The number of likely N-dealkylation sites (tertiary alicyclic amines) is 1. The van der Waals surface area contributed by atoms with E-state index < -0.39 is 0 Å². The molecule has 9 nitrogen and oxygen atoms in total. The molecule has 2 saturated heterocycles. The molecule has 0 aliphatic carbocycles. The number of rotatable bonds is 7. The van der Waals surface area contributed by atoms with Crippen LogP contribution in [0.4, 0.5) is 5.82 Å². The van der Waals surface area contributed by atoms with Gasteiger partial charge in [-0.3, -0.25) is 9.69 Å². The average molecular weight is 498 g/mol. The Morgan fingerprint density at radius 1 is 1.06 bits per heavy atom. The molecule has 5 rings (SSSR count). The number of fused-ring (bicyclic) bond motifs is 1. The molecule has 0 amide bonds. The number of hydrogen-bond donors (Lipinski definition) is 0. The average Bonchev–Trinajstić information content (AvgIpc) is 3.59. The van der Waals surface area contributed by atoms with Crippen LogP contribution >= 0.6 is 11.3 Å². The zero-order chi connectivity index (χ0) is 24.4. The first-order chi connectivity index (χ1) is 17.1. The molecule has 1 atom stereocenters. The summed E-state index contributed by atoms with van der Waals surface area (Å²) in [5.41, 5.74) is 0.822. The van der Waals surface area contributed by atoms with Gasteiger partial charge in [-0.1, -0.05) is 0 Å². The Bertz CT molecular complexity index is 1180. The minimum Gasteiger partial charge on any atom is -0.493 e. The number of esters is 1. The van der Waals surface area contributed by atoms with Gasteiger partial charge >= 0.3 is 5.97 Å². The third-order valence-corrected chi connectivity index (χ3v) is 7.88. The van der Waals surface area contributed by atoms with E-state index in [9.17, 15) is 4.79 Å². The minimum absolute atomic E-state index is 0.0675. The van der Waals surface area contributed by atoms with Gasteiger partial charge in [0.2, 0.25) is 0 Å². The lowest BCUT2D eigenvalue weighted by Crippen LogP contribution is -2.37. The van der Waals surface area contributed by atoms with Crippen LogP contribution in [0.5, 0.6) is 11.5 Å². The summed E-state index contributed by atoms with van der Waals surface area (Å²) < 4.78 is 16.1. The van der Waals surface area contributed by atoms with Crippen LogP contribution in [0.3, 0.4) is 0 Å². The van der Waals surface area contributed by atoms with Gasteiger partial charge < -0.3 is 19.1 Å². The van der Waals surface area contributed by atoms with Crippen LogP contribution in [0.1, 0.15) is 42.6 Å². The number of aromatic nitrogens is 3. The number of carbonyl (C=O) groups excluding carboxylic acids is 1. The highest BCUT2D eigenvalue weighted by atomic mass is 32.1. The fourth-order valence-corrected chi connectivity index (χ4v) is 5.97. The van der Waals surface area contributed by atoms with Crippen molar-refractivity contribution in [2.45, 2.75) is 38.3 Å². The number of nitrogens with zero attached hydrogens (tertiary/aromatic N) is 5. The number of methoxy groups -OCH3 is 3. The highest BCUT2D eigenvalue weighted by molar-refractivity contribution is 7.09. The predicted molar refractivity (Wildman–Crippen MR) is 134 cm³/mol. The quantitative estimate of drug-likeness (QED) is 0.452. The predicted octanol–water partition coefficient (Wildman–Crippen LogP) is 3.83. The molecule has 0 bridgehead atoms. The standard InChI is InChI=1S/C25H31N5O4S/c1-32-20-13-17-18(14-21(20)33-2)27-22(15-30-9-4-5-19(30)24-26-8-12-35-24)28-23(17)29-10-6-16(7-11-29)25(31)34-3/h8,12-14,16,19H,4-7,9-11,15H2,1-3H3. The number of piperidine rings is 1. The van der Waals surface area contributed by atoms with E-state index in [2.05, 4.69) is 14.8 Å². The summed E-state index contributed by atoms with van der Waals surface area (Å²) in [6, 6.07) is 4.18. The van der Waals surface area contributed by atoms with E-state index in [1.807, 2.05) is 23.7 Å². The minimum atomic E-state index is -0.133. The Morgan fingerprint density at radius 3 is 2.51 bits per heavy atom. The summed E-state index contributed by atoms with van der Waals surface area (Å²) in [7, 11) is 4.72. The molecule has 186 valence electrons. The lowest BCUT2D eigenvalue weighted by molar-refractivity contribution is -0.146. The second-order valence-electron chi connectivity index (χ2n) is 8.97. The maximum Gasteiger partial charge on any atom is 0.308 e. The van der Waals surface area contributed by atoms with E-state index in [0.29, 0.717) is 24.1 Å². The summed E-state index contributed by atoms with van der Waals surface area (Å²) in [4.78, 5) is 31.3. The number of thiazole rings is 1.